The molecule has 0 fully saturated rings. The number of halogens is 2. The molecule has 1 aliphatic heterocycles. The van der Waals surface area contributed by atoms with Crippen molar-refractivity contribution in [2.45, 2.75) is 20.1 Å². The van der Waals surface area contributed by atoms with Crippen molar-refractivity contribution in [2.75, 3.05) is 22.6 Å². The number of hydrogen-bond donors (Lipinski definition) is 3. The lowest BCUT2D eigenvalue weighted by molar-refractivity contribution is -0.286. The van der Waals surface area contributed by atoms with Gasteiger partial charge in [-0.25, -0.2) is 4.79 Å². The Balaban J connectivity index is 1.63. The zero-order valence-electron chi connectivity index (χ0n) is 16.8. The van der Waals surface area contributed by atoms with Crippen LogP contribution in [0, 0.1) is 0 Å². The quantitative estimate of drug-likeness (QED) is 0.578. The first-order valence-corrected chi connectivity index (χ1v) is 9.08. The van der Waals surface area contributed by atoms with E-state index in [1.165, 1.54) is 44.2 Å². The molecule has 1 aliphatic rings. The summed E-state index contributed by atoms with van der Waals surface area (Å²) >= 11 is 0. The molecule has 0 saturated heterocycles. The van der Waals surface area contributed by atoms with E-state index < -0.39 is 36.6 Å². The summed E-state index contributed by atoms with van der Waals surface area (Å²) in [6.07, 6.45) is -3.79. The van der Waals surface area contributed by atoms with Crippen molar-refractivity contribution in [3.05, 3.63) is 42.0 Å². The van der Waals surface area contributed by atoms with Crippen molar-refractivity contribution in [3.63, 3.8) is 0 Å². The molecule has 0 bridgehead atoms. The van der Waals surface area contributed by atoms with Crippen molar-refractivity contribution in [1.29, 1.82) is 0 Å². The Bertz CT molecular complexity index is 1070. The summed E-state index contributed by atoms with van der Waals surface area (Å²) in [5, 5.41) is 7.34. The molecular formula is C20H17F2N3O7. The highest BCUT2D eigenvalue weighted by molar-refractivity contribution is 5.99. The third kappa shape index (κ3) is 5.90. The van der Waals surface area contributed by atoms with Crippen molar-refractivity contribution in [2.24, 2.45) is 0 Å². The first-order chi connectivity index (χ1) is 15.0. The zero-order valence-corrected chi connectivity index (χ0v) is 16.8. The third-order valence-electron chi connectivity index (χ3n) is 3.83. The molecule has 10 nitrogen and oxygen atoms in total. The molecular weight excluding hydrogens is 432 g/mol. The Morgan fingerprint density at radius 3 is 2.03 bits per heavy atom. The van der Waals surface area contributed by atoms with Gasteiger partial charge in [-0.15, -0.1) is 8.78 Å². The van der Waals surface area contributed by atoms with Crippen molar-refractivity contribution in [1.82, 2.24) is 0 Å². The second-order valence-corrected chi connectivity index (χ2v) is 6.61. The first-order valence-electron chi connectivity index (χ1n) is 9.08. The SMILES string of the molecule is CC(=O)Nc1cc(NC(C)=O)cc(C(=O)OCC(=O)Nc2ccc3c(c2)OC(F)(F)O3)c1. The van der Waals surface area contributed by atoms with E-state index in [9.17, 15) is 28.0 Å². The molecule has 0 saturated carbocycles. The van der Waals surface area contributed by atoms with Crippen LogP contribution in [0.25, 0.3) is 0 Å². The molecule has 1 heterocycles. The molecule has 32 heavy (non-hydrogen) atoms. The molecule has 2 aromatic carbocycles. The highest BCUT2D eigenvalue weighted by atomic mass is 19.3. The number of ether oxygens (including phenoxy) is 3. The molecule has 0 aliphatic carbocycles. The molecule has 0 unspecified atom stereocenters. The van der Waals surface area contributed by atoms with Crippen LogP contribution in [0.3, 0.4) is 0 Å². The van der Waals surface area contributed by atoms with Crippen molar-refractivity contribution >= 4 is 40.8 Å². The molecule has 0 spiro atoms. The maximum Gasteiger partial charge on any atom is 0.586 e. The van der Waals surface area contributed by atoms with Crippen LogP contribution in [0.1, 0.15) is 24.2 Å². The van der Waals surface area contributed by atoms with E-state index in [1.807, 2.05) is 0 Å². The minimum atomic E-state index is -3.79. The van der Waals surface area contributed by atoms with E-state index in [2.05, 4.69) is 25.4 Å². The molecule has 3 rings (SSSR count). The van der Waals surface area contributed by atoms with Gasteiger partial charge in [0.1, 0.15) is 0 Å². The van der Waals surface area contributed by atoms with E-state index in [0.717, 1.165) is 6.07 Å². The Hall–Kier alpha value is -4.22. The second kappa shape index (κ2) is 8.88. The fourth-order valence-corrected chi connectivity index (χ4v) is 2.73. The number of fused-ring (bicyclic) bond motifs is 1. The van der Waals surface area contributed by atoms with Gasteiger partial charge in [0.2, 0.25) is 11.8 Å². The standard InChI is InChI=1S/C20H17F2N3O7/c1-10(26)23-14-5-12(6-15(7-14)24-11(2)27)19(29)30-9-18(28)25-13-3-4-16-17(8-13)32-20(21,22)31-16/h3-8H,9H2,1-2H3,(H,23,26)(H,24,27)(H,25,28). The summed E-state index contributed by atoms with van der Waals surface area (Å²) in [6, 6.07) is 7.69. The number of amides is 3. The topological polar surface area (TPSA) is 132 Å². The molecule has 3 amide bonds. The molecule has 0 radical (unpaired) electrons. The Morgan fingerprint density at radius 1 is 0.844 bits per heavy atom. The maximum absolute atomic E-state index is 13.1. The third-order valence-corrected chi connectivity index (χ3v) is 3.83. The summed E-state index contributed by atoms with van der Waals surface area (Å²) in [4.78, 5) is 47.0. The van der Waals surface area contributed by atoms with Gasteiger partial charge in [0.25, 0.3) is 5.91 Å². The lowest BCUT2D eigenvalue weighted by atomic mass is 10.1. The number of carbonyl (C=O) groups is 4. The average molecular weight is 449 g/mol. The van der Waals surface area contributed by atoms with E-state index in [-0.39, 0.29) is 34.1 Å². The van der Waals surface area contributed by atoms with Crippen LogP contribution in [-0.4, -0.2) is 36.6 Å². The molecule has 2 aromatic rings. The fourth-order valence-electron chi connectivity index (χ4n) is 2.73. The highest BCUT2D eigenvalue weighted by Crippen LogP contribution is 2.42. The van der Waals surface area contributed by atoms with Crippen LogP contribution >= 0.6 is 0 Å². The zero-order chi connectivity index (χ0) is 23.5. The normalized spacial score (nSPS) is 13.1. The van der Waals surface area contributed by atoms with Gasteiger partial charge in [0.05, 0.1) is 5.56 Å². The second-order valence-electron chi connectivity index (χ2n) is 6.61. The van der Waals surface area contributed by atoms with Crippen molar-refractivity contribution in [3.8, 4) is 11.5 Å². The Labute approximate surface area is 179 Å². The summed E-state index contributed by atoms with van der Waals surface area (Å²) in [5.74, 6) is -2.89. The number of benzene rings is 2. The van der Waals surface area contributed by atoms with Gasteiger partial charge in [-0.3, -0.25) is 14.4 Å². The summed E-state index contributed by atoms with van der Waals surface area (Å²) < 4.78 is 39.6. The van der Waals surface area contributed by atoms with Gasteiger partial charge >= 0.3 is 12.3 Å². The number of esters is 1. The fraction of sp³-hybridized carbons (Fsp3) is 0.200. The minimum absolute atomic E-state index is 0.0295. The van der Waals surface area contributed by atoms with Gasteiger partial charge in [-0.2, -0.15) is 0 Å². The number of anilines is 3. The van der Waals surface area contributed by atoms with Crippen LogP contribution in [0.5, 0.6) is 11.5 Å². The van der Waals surface area contributed by atoms with Crippen LogP contribution < -0.4 is 25.4 Å². The molecule has 0 aromatic heterocycles. The number of hydrogen-bond acceptors (Lipinski definition) is 7. The molecule has 0 atom stereocenters. The highest BCUT2D eigenvalue weighted by Gasteiger charge is 2.43. The van der Waals surface area contributed by atoms with Gasteiger partial charge in [0.15, 0.2) is 18.1 Å². The predicted octanol–water partition coefficient (Wildman–Crippen LogP) is 2.72. The number of carbonyl (C=O) groups excluding carboxylic acids is 4. The number of alkyl halides is 2. The summed E-state index contributed by atoms with van der Waals surface area (Å²) in [5.41, 5.74) is 0.555. The van der Waals surface area contributed by atoms with Crippen molar-refractivity contribution < 1.29 is 42.2 Å². The Morgan fingerprint density at radius 2 is 1.44 bits per heavy atom. The van der Waals surface area contributed by atoms with Gasteiger partial charge in [0, 0.05) is 37.0 Å². The maximum atomic E-state index is 13.1. The molecule has 12 heteroatoms. The number of rotatable bonds is 6. The molecule has 168 valence electrons. The molecule has 3 N–H and O–H groups in total. The minimum Gasteiger partial charge on any atom is -0.452 e. The van der Waals surface area contributed by atoms with Crippen LogP contribution in [0.4, 0.5) is 25.8 Å². The first kappa shape index (κ1) is 22.5. The van der Waals surface area contributed by atoms with Gasteiger partial charge in [-0.05, 0) is 30.3 Å². The lowest BCUT2D eigenvalue weighted by Crippen LogP contribution is -2.25. The number of nitrogens with one attached hydrogen (secondary N) is 3. The average Bonchev–Trinajstić information content (AvgIpc) is 2.97. The Kier molecular flexibility index (Phi) is 6.23. The van der Waals surface area contributed by atoms with Crippen LogP contribution in [0.2, 0.25) is 0 Å². The van der Waals surface area contributed by atoms with Crippen LogP contribution in [-0.2, 0) is 19.1 Å². The van der Waals surface area contributed by atoms with E-state index >= 15 is 0 Å². The van der Waals surface area contributed by atoms with E-state index in [4.69, 9.17) is 4.74 Å². The summed E-state index contributed by atoms with van der Waals surface area (Å²) in [7, 11) is 0. The monoisotopic (exact) mass is 449 g/mol. The van der Waals surface area contributed by atoms with E-state index in [1.54, 1.807) is 0 Å². The van der Waals surface area contributed by atoms with Gasteiger partial charge in [-0.1, -0.05) is 0 Å². The lowest BCUT2D eigenvalue weighted by Gasteiger charge is -2.11. The van der Waals surface area contributed by atoms with E-state index in [0.29, 0.717) is 0 Å². The predicted molar refractivity (Wildman–Crippen MR) is 107 cm³/mol. The van der Waals surface area contributed by atoms with Crippen LogP contribution in [0.15, 0.2) is 36.4 Å². The smallest absolute Gasteiger partial charge is 0.452 e. The van der Waals surface area contributed by atoms with Gasteiger partial charge < -0.3 is 30.2 Å². The largest absolute Gasteiger partial charge is 0.586 e. The summed E-state index contributed by atoms with van der Waals surface area (Å²) in [6.45, 7) is 1.85.